The lowest BCUT2D eigenvalue weighted by Crippen LogP contribution is -2.21. The fourth-order valence-electron chi connectivity index (χ4n) is 4.36. The topological polar surface area (TPSA) is 85.1 Å². The van der Waals surface area contributed by atoms with Gasteiger partial charge in [0, 0.05) is 24.2 Å². The van der Waals surface area contributed by atoms with E-state index in [2.05, 4.69) is 40.6 Å². The Hall–Kier alpha value is -2.94. The van der Waals surface area contributed by atoms with Gasteiger partial charge in [-0.2, -0.15) is 5.10 Å². The predicted molar refractivity (Wildman–Crippen MR) is 136 cm³/mol. The smallest absolute Gasteiger partial charge is 0.203 e. The van der Waals surface area contributed by atoms with E-state index in [1.54, 1.807) is 12.1 Å². The van der Waals surface area contributed by atoms with Crippen molar-refractivity contribution in [2.75, 3.05) is 59.7 Å². The Labute approximate surface area is 194 Å². The molecule has 0 unspecified atom stereocenters. The van der Waals surface area contributed by atoms with Crippen molar-refractivity contribution in [3.8, 4) is 5.75 Å². The first-order valence-corrected chi connectivity index (χ1v) is 11.5. The van der Waals surface area contributed by atoms with Crippen molar-refractivity contribution in [3.05, 3.63) is 46.2 Å². The molecule has 33 heavy (non-hydrogen) atoms. The van der Waals surface area contributed by atoms with Crippen LogP contribution in [-0.4, -0.2) is 78.9 Å². The first kappa shape index (κ1) is 23.2. The lowest BCUT2D eigenvalue weighted by atomic mass is 10.0. The quantitative estimate of drug-likeness (QED) is 0.239. The molecule has 8 nitrogen and oxygen atoms in total. The first-order chi connectivity index (χ1) is 15.9. The van der Waals surface area contributed by atoms with Crippen molar-refractivity contribution in [3.63, 3.8) is 0 Å². The largest absolute Gasteiger partial charge is 0.507 e. The average molecular weight is 451 g/mol. The van der Waals surface area contributed by atoms with E-state index in [4.69, 9.17) is 5.10 Å². The van der Waals surface area contributed by atoms with Crippen LogP contribution in [0.3, 0.4) is 0 Å². The molecule has 0 aliphatic heterocycles. The molecular weight excluding hydrogens is 416 g/mol. The van der Waals surface area contributed by atoms with Crippen LogP contribution in [0.4, 0.5) is 5.69 Å². The standard InChI is InChI=1S/C25H34N6O2/c1-29(2)14-6-12-26-16-19-17-10-11-18(27-13-7-15-30(3)4)22-24(17)31(28-19)20-8-5-9-21(32)23(20)25(22)33/h5,8-11,26-27,32H,6-7,12-16H2,1-4H3. The van der Waals surface area contributed by atoms with Crippen LogP contribution < -0.4 is 16.1 Å². The maximum absolute atomic E-state index is 13.6. The second-order valence-corrected chi connectivity index (χ2v) is 9.16. The summed E-state index contributed by atoms with van der Waals surface area (Å²) >= 11 is 0. The minimum Gasteiger partial charge on any atom is -0.507 e. The summed E-state index contributed by atoms with van der Waals surface area (Å²) in [7, 11) is 8.24. The Morgan fingerprint density at radius 1 is 0.970 bits per heavy atom. The van der Waals surface area contributed by atoms with Crippen LogP contribution in [0, 0.1) is 0 Å². The van der Waals surface area contributed by atoms with Gasteiger partial charge in [0.25, 0.3) is 0 Å². The Bertz CT molecular complexity index is 1300. The number of nitrogens with zero attached hydrogens (tertiary/aromatic N) is 4. The number of benzene rings is 2. The van der Waals surface area contributed by atoms with Crippen LogP contribution in [0.5, 0.6) is 5.75 Å². The summed E-state index contributed by atoms with van der Waals surface area (Å²) < 4.78 is 1.82. The van der Waals surface area contributed by atoms with Crippen LogP contribution in [0.15, 0.2) is 35.1 Å². The second kappa shape index (κ2) is 9.91. The van der Waals surface area contributed by atoms with Gasteiger partial charge in [-0.05, 0) is 84.9 Å². The summed E-state index contributed by atoms with van der Waals surface area (Å²) in [4.78, 5) is 17.9. The summed E-state index contributed by atoms with van der Waals surface area (Å²) in [5.74, 6) is -0.0161. The van der Waals surface area contributed by atoms with Gasteiger partial charge in [0.1, 0.15) is 5.75 Å². The number of phenols is 1. The normalized spacial score (nSPS) is 12.2. The molecule has 3 N–H and O–H groups in total. The molecule has 2 aromatic heterocycles. The minimum atomic E-state index is -0.165. The molecule has 0 aliphatic rings. The van der Waals surface area contributed by atoms with Gasteiger partial charge < -0.3 is 25.5 Å². The van der Waals surface area contributed by atoms with Crippen LogP contribution in [-0.2, 0) is 6.54 Å². The molecule has 4 aromatic rings. The van der Waals surface area contributed by atoms with E-state index in [1.165, 1.54) is 0 Å². The molecular formula is C25H34N6O2. The molecule has 0 atom stereocenters. The van der Waals surface area contributed by atoms with Gasteiger partial charge in [0.05, 0.1) is 27.5 Å². The highest BCUT2D eigenvalue weighted by atomic mass is 16.3. The van der Waals surface area contributed by atoms with Crippen molar-refractivity contribution in [2.24, 2.45) is 0 Å². The first-order valence-electron chi connectivity index (χ1n) is 11.5. The van der Waals surface area contributed by atoms with Gasteiger partial charge in [-0.3, -0.25) is 4.79 Å². The van der Waals surface area contributed by atoms with Gasteiger partial charge in [-0.15, -0.1) is 0 Å². The predicted octanol–water partition coefficient (Wildman–Crippen LogP) is 2.55. The van der Waals surface area contributed by atoms with Crippen molar-refractivity contribution in [1.82, 2.24) is 24.7 Å². The summed E-state index contributed by atoms with van der Waals surface area (Å²) in [6.45, 7) is 4.25. The maximum Gasteiger partial charge on any atom is 0.203 e. The van der Waals surface area contributed by atoms with Crippen LogP contribution in [0.2, 0.25) is 0 Å². The van der Waals surface area contributed by atoms with Crippen molar-refractivity contribution in [2.45, 2.75) is 19.4 Å². The Balaban J connectivity index is 1.76. The van der Waals surface area contributed by atoms with Gasteiger partial charge >= 0.3 is 0 Å². The number of aromatic nitrogens is 2. The molecule has 0 radical (unpaired) electrons. The van der Waals surface area contributed by atoms with E-state index >= 15 is 0 Å². The fraction of sp³-hybridized carbons (Fsp3) is 0.440. The number of phenolic OH excluding ortho intramolecular Hbond substituents is 1. The van der Waals surface area contributed by atoms with Gasteiger partial charge in [-0.25, -0.2) is 4.52 Å². The summed E-state index contributed by atoms with van der Waals surface area (Å²) in [6.07, 6.45) is 2.01. The third-order valence-corrected chi connectivity index (χ3v) is 5.97. The number of fused-ring (bicyclic) bond motifs is 2. The SMILES string of the molecule is CN(C)CCCNCc1nn2c3cccc(O)c3c(=O)c3c(NCCCN(C)C)ccc1c32. The fourth-order valence-corrected chi connectivity index (χ4v) is 4.36. The van der Waals surface area contributed by atoms with E-state index in [9.17, 15) is 9.90 Å². The molecule has 0 saturated heterocycles. The Morgan fingerprint density at radius 3 is 2.42 bits per heavy atom. The summed E-state index contributed by atoms with van der Waals surface area (Å²) in [6, 6.07) is 9.17. The van der Waals surface area contributed by atoms with Crippen LogP contribution in [0.25, 0.3) is 27.2 Å². The molecule has 0 spiro atoms. The molecule has 0 bridgehead atoms. The molecule has 8 heteroatoms. The third-order valence-electron chi connectivity index (χ3n) is 5.97. The Morgan fingerprint density at radius 2 is 1.70 bits per heavy atom. The highest BCUT2D eigenvalue weighted by Gasteiger charge is 2.21. The second-order valence-electron chi connectivity index (χ2n) is 9.16. The zero-order valence-electron chi connectivity index (χ0n) is 20.0. The van der Waals surface area contributed by atoms with E-state index < -0.39 is 0 Å². The average Bonchev–Trinajstić information content (AvgIpc) is 3.13. The van der Waals surface area contributed by atoms with Gasteiger partial charge in [-0.1, -0.05) is 6.07 Å². The summed E-state index contributed by atoms with van der Waals surface area (Å²) in [5.41, 5.74) is 2.95. The number of pyridine rings is 1. The molecule has 0 amide bonds. The van der Waals surface area contributed by atoms with Crippen molar-refractivity contribution in [1.29, 1.82) is 0 Å². The number of hydrogen-bond donors (Lipinski definition) is 3. The third kappa shape index (κ3) is 4.73. The van der Waals surface area contributed by atoms with Gasteiger partial charge in [0.15, 0.2) is 0 Å². The molecule has 0 fully saturated rings. The maximum atomic E-state index is 13.6. The van der Waals surface area contributed by atoms with Gasteiger partial charge in [0.2, 0.25) is 5.43 Å². The van der Waals surface area contributed by atoms with Crippen molar-refractivity contribution < 1.29 is 5.11 Å². The Kier molecular flexibility index (Phi) is 6.97. The molecule has 4 rings (SSSR count). The zero-order chi connectivity index (χ0) is 23.5. The molecule has 0 saturated carbocycles. The highest BCUT2D eigenvalue weighted by Crippen LogP contribution is 2.33. The molecule has 2 heterocycles. The van der Waals surface area contributed by atoms with Crippen LogP contribution in [0.1, 0.15) is 18.5 Å². The number of aromatic hydroxyl groups is 1. The van der Waals surface area contributed by atoms with E-state index in [0.717, 1.165) is 61.3 Å². The van der Waals surface area contributed by atoms with Crippen LogP contribution >= 0.6 is 0 Å². The number of anilines is 1. The lowest BCUT2D eigenvalue weighted by Gasteiger charge is -2.13. The number of nitrogens with one attached hydrogen (secondary N) is 2. The number of hydrogen-bond acceptors (Lipinski definition) is 7. The zero-order valence-corrected chi connectivity index (χ0v) is 20.0. The number of rotatable bonds is 11. The van der Waals surface area contributed by atoms with E-state index in [-0.39, 0.29) is 11.2 Å². The monoisotopic (exact) mass is 450 g/mol. The molecule has 176 valence electrons. The molecule has 2 aromatic carbocycles. The van der Waals surface area contributed by atoms with E-state index in [0.29, 0.717) is 22.8 Å². The van der Waals surface area contributed by atoms with Crippen molar-refractivity contribution >= 4 is 32.9 Å². The minimum absolute atomic E-state index is 0.0161. The highest BCUT2D eigenvalue weighted by molar-refractivity contribution is 6.09. The lowest BCUT2D eigenvalue weighted by molar-refractivity contribution is 0.394. The molecule has 0 aliphatic carbocycles. The summed E-state index contributed by atoms with van der Waals surface area (Å²) in [5, 5.41) is 24.2. The van der Waals surface area contributed by atoms with E-state index in [1.807, 2.05) is 30.7 Å².